The van der Waals surface area contributed by atoms with Crippen LogP contribution in [0.4, 0.5) is 5.69 Å². The maximum atomic E-state index is 11.8. The summed E-state index contributed by atoms with van der Waals surface area (Å²) in [5.74, 6) is 0.155. The van der Waals surface area contributed by atoms with E-state index >= 15 is 0 Å². The van der Waals surface area contributed by atoms with E-state index in [1.54, 1.807) is 0 Å². The number of hydrogen-bond donors (Lipinski definition) is 1. The van der Waals surface area contributed by atoms with Gasteiger partial charge >= 0.3 is 0 Å². The van der Waals surface area contributed by atoms with Crippen molar-refractivity contribution >= 4 is 46.1 Å². The van der Waals surface area contributed by atoms with E-state index in [2.05, 4.69) is 32.5 Å². The number of halogens is 1. The Balaban J connectivity index is 1.65. The Bertz CT molecular complexity index is 717. The molecule has 2 heterocycles. The maximum absolute atomic E-state index is 11.8. The lowest BCUT2D eigenvalue weighted by Crippen LogP contribution is -2.26. The molecule has 7 heteroatoms. The predicted molar refractivity (Wildman–Crippen MR) is 90.5 cm³/mol. The van der Waals surface area contributed by atoms with Gasteiger partial charge in [-0.05, 0) is 49.0 Å². The molecule has 5 nitrogen and oxygen atoms in total. The highest BCUT2D eigenvalue weighted by molar-refractivity contribution is 9.10. The number of Topliss-reactive ketones (excluding diaryl/α,β-unsaturated/α-hetero) is 1. The molecule has 1 aromatic heterocycles. The van der Waals surface area contributed by atoms with Crippen molar-refractivity contribution in [2.24, 2.45) is 4.99 Å². The summed E-state index contributed by atoms with van der Waals surface area (Å²) in [6.45, 7) is 3.56. The highest BCUT2D eigenvalue weighted by Crippen LogP contribution is 2.32. The first kappa shape index (κ1) is 15.5. The molecule has 1 atom stereocenters. The van der Waals surface area contributed by atoms with Gasteiger partial charge in [0.2, 0.25) is 0 Å². The molecule has 0 amide bonds. The van der Waals surface area contributed by atoms with Crippen LogP contribution in [-0.2, 0) is 4.84 Å². The molecule has 22 heavy (non-hydrogen) atoms. The van der Waals surface area contributed by atoms with Crippen molar-refractivity contribution in [3.63, 3.8) is 0 Å². The Morgan fingerprint density at radius 3 is 3.14 bits per heavy atom. The highest BCUT2D eigenvalue weighted by Gasteiger charge is 2.25. The minimum Gasteiger partial charge on any atom is -0.317 e. The SMILES string of the molecule is C=Nc1ccc(Br)cc1SNOC1CCC(=O)c2cccn21. The van der Waals surface area contributed by atoms with Crippen LogP contribution in [0.5, 0.6) is 0 Å². The van der Waals surface area contributed by atoms with Crippen molar-refractivity contribution in [3.05, 3.63) is 46.7 Å². The van der Waals surface area contributed by atoms with E-state index in [9.17, 15) is 4.79 Å². The van der Waals surface area contributed by atoms with Crippen molar-refractivity contribution in [2.45, 2.75) is 24.0 Å². The number of nitrogens with one attached hydrogen (secondary N) is 1. The van der Waals surface area contributed by atoms with Gasteiger partial charge < -0.3 is 4.57 Å². The number of aromatic nitrogens is 1. The van der Waals surface area contributed by atoms with Crippen LogP contribution in [0.15, 0.2) is 50.9 Å². The van der Waals surface area contributed by atoms with Crippen molar-refractivity contribution in [1.29, 1.82) is 0 Å². The molecule has 0 spiro atoms. The van der Waals surface area contributed by atoms with E-state index in [0.29, 0.717) is 18.5 Å². The predicted octanol–water partition coefficient (Wildman–Crippen LogP) is 4.29. The minimum absolute atomic E-state index is 0.155. The van der Waals surface area contributed by atoms with Crippen molar-refractivity contribution < 1.29 is 9.63 Å². The smallest absolute Gasteiger partial charge is 0.179 e. The van der Waals surface area contributed by atoms with Gasteiger partial charge in [0, 0.05) is 23.5 Å². The number of carbonyl (C=O) groups is 1. The summed E-state index contributed by atoms with van der Waals surface area (Å²) in [4.78, 5) is 25.3. The summed E-state index contributed by atoms with van der Waals surface area (Å²) < 4.78 is 2.81. The average Bonchev–Trinajstić information content (AvgIpc) is 3.00. The third-order valence-corrected chi connectivity index (χ3v) is 4.64. The number of benzene rings is 1. The second-order valence-corrected chi connectivity index (χ2v) is 6.52. The standard InChI is InChI=1S/C15H14BrN3O2S/c1-17-11-5-4-10(16)9-14(11)22-18-21-15-7-6-13(20)12-3-2-8-19(12)15/h2-5,8-9,15,18H,1,6-7H2. The summed E-state index contributed by atoms with van der Waals surface area (Å²) in [7, 11) is 0. The van der Waals surface area contributed by atoms with Crippen LogP contribution in [0, 0.1) is 0 Å². The normalized spacial score (nSPS) is 17.3. The fraction of sp³-hybridized carbons (Fsp3) is 0.200. The second-order valence-electron chi connectivity index (χ2n) is 4.79. The molecule has 1 aliphatic heterocycles. The fourth-order valence-electron chi connectivity index (χ4n) is 2.34. The van der Waals surface area contributed by atoms with Crippen LogP contribution in [0.2, 0.25) is 0 Å². The largest absolute Gasteiger partial charge is 0.317 e. The quantitative estimate of drug-likeness (QED) is 0.478. The Labute approximate surface area is 141 Å². The average molecular weight is 380 g/mol. The molecule has 0 saturated heterocycles. The molecule has 0 bridgehead atoms. The fourth-order valence-corrected chi connectivity index (χ4v) is 3.53. The van der Waals surface area contributed by atoms with Gasteiger partial charge in [-0.15, -0.1) is 4.89 Å². The molecule has 0 saturated carbocycles. The molecule has 0 fully saturated rings. The number of aliphatic imine (C=N–C) groups is 1. The zero-order valence-corrected chi connectivity index (χ0v) is 14.1. The monoisotopic (exact) mass is 379 g/mol. The van der Waals surface area contributed by atoms with E-state index in [-0.39, 0.29) is 12.0 Å². The van der Waals surface area contributed by atoms with Crippen LogP contribution < -0.4 is 4.89 Å². The number of nitrogens with zero attached hydrogens (tertiary/aromatic N) is 2. The number of hydrogen-bond acceptors (Lipinski definition) is 5. The molecule has 1 aliphatic rings. The zero-order valence-electron chi connectivity index (χ0n) is 11.7. The first-order chi connectivity index (χ1) is 10.7. The molecular weight excluding hydrogens is 366 g/mol. The summed E-state index contributed by atoms with van der Waals surface area (Å²) >= 11 is 4.75. The third-order valence-electron chi connectivity index (χ3n) is 3.42. The summed E-state index contributed by atoms with van der Waals surface area (Å²) in [6.07, 6.45) is 2.82. The first-order valence-electron chi connectivity index (χ1n) is 6.73. The number of ketones is 1. The number of fused-ring (bicyclic) bond motifs is 1. The topological polar surface area (TPSA) is 55.6 Å². The Morgan fingerprint density at radius 2 is 2.32 bits per heavy atom. The third kappa shape index (κ3) is 3.17. The summed E-state index contributed by atoms with van der Waals surface area (Å²) in [5, 5.41) is 0. The van der Waals surface area contributed by atoms with Gasteiger partial charge in [-0.25, -0.2) is 0 Å². The molecular formula is C15H14BrN3O2S. The molecule has 114 valence electrons. The van der Waals surface area contributed by atoms with E-state index in [4.69, 9.17) is 4.84 Å². The molecule has 2 aromatic rings. The van der Waals surface area contributed by atoms with Crippen LogP contribution in [-0.4, -0.2) is 17.1 Å². The lowest BCUT2D eigenvalue weighted by molar-refractivity contribution is -0.0360. The van der Waals surface area contributed by atoms with Gasteiger partial charge in [0.25, 0.3) is 0 Å². The van der Waals surface area contributed by atoms with Crippen LogP contribution in [0.1, 0.15) is 29.6 Å². The van der Waals surface area contributed by atoms with Crippen LogP contribution >= 0.6 is 27.9 Å². The summed E-state index contributed by atoms with van der Waals surface area (Å²) in [5.41, 5.74) is 1.48. The molecule has 0 aliphatic carbocycles. The maximum Gasteiger partial charge on any atom is 0.179 e. The van der Waals surface area contributed by atoms with E-state index in [0.717, 1.165) is 15.1 Å². The minimum atomic E-state index is -0.192. The zero-order chi connectivity index (χ0) is 15.5. The van der Waals surface area contributed by atoms with E-state index in [1.807, 2.05) is 41.1 Å². The van der Waals surface area contributed by atoms with Crippen molar-refractivity contribution in [1.82, 2.24) is 9.45 Å². The van der Waals surface area contributed by atoms with Crippen LogP contribution in [0.3, 0.4) is 0 Å². The van der Waals surface area contributed by atoms with Crippen molar-refractivity contribution in [3.8, 4) is 0 Å². The van der Waals surface area contributed by atoms with Gasteiger partial charge in [0.1, 0.15) is 0 Å². The van der Waals surface area contributed by atoms with Crippen LogP contribution in [0.25, 0.3) is 0 Å². The Hall–Kier alpha value is -1.41. The molecule has 1 unspecified atom stereocenters. The van der Waals surface area contributed by atoms with Gasteiger partial charge in [0.05, 0.1) is 16.3 Å². The molecule has 3 rings (SSSR count). The lowest BCUT2D eigenvalue weighted by Gasteiger charge is -2.25. The first-order valence-corrected chi connectivity index (χ1v) is 8.34. The molecule has 1 N–H and O–H groups in total. The second kappa shape index (κ2) is 6.78. The van der Waals surface area contributed by atoms with E-state index < -0.39 is 0 Å². The van der Waals surface area contributed by atoms with E-state index in [1.165, 1.54) is 11.9 Å². The molecule has 0 radical (unpaired) electrons. The molecule has 1 aromatic carbocycles. The summed E-state index contributed by atoms with van der Waals surface area (Å²) in [6, 6.07) is 9.41. The number of rotatable bonds is 5. The Kier molecular flexibility index (Phi) is 4.77. The highest BCUT2D eigenvalue weighted by atomic mass is 79.9. The Morgan fingerprint density at radius 1 is 1.45 bits per heavy atom. The van der Waals surface area contributed by atoms with Gasteiger partial charge in [0.15, 0.2) is 12.0 Å². The lowest BCUT2D eigenvalue weighted by atomic mass is 10.1. The van der Waals surface area contributed by atoms with Gasteiger partial charge in [-0.2, -0.15) is 0 Å². The number of carbonyl (C=O) groups excluding carboxylic acids is 1. The van der Waals surface area contributed by atoms with Gasteiger partial charge in [-0.3, -0.25) is 14.6 Å². The van der Waals surface area contributed by atoms with Crippen molar-refractivity contribution in [2.75, 3.05) is 0 Å². The van der Waals surface area contributed by atoms with Gasteiger partial charge in [-0.1, -0.05) is 15.9 Å².